The number of hydrogen-bond acceptors (Lipinski definition) is 4. The molecule has 0 saturated carbocycles. The smallest absolute Gasteiger partial charge is 0.231 e. The van der Waals surface area contributed by atoms with Crippen LogP contribution in [0.25, 0.3) is 0 Å². The Balaban J connectivity index is 2.74. The van der Waals surface area contributed by atoms with Crippen LogP contribution in [0, 0.1) is 5.92 Å². The molecule has 0 saturated heterocycles. The van der Waals surface area contributed by atoms with Crippen LogP contribution in [0.1, 0.15) is 51.7 Å². The minimum Gasteiger partial charge on any atom is -0.339 e. The van der Waals surface area contributed by atoms with Gasteiger partial charge in [-0.25, -0.2) is 0 Å². The number of nitrogens with zero attached hydrogens (tertiary/aromatic N) is 2. The normalized spacial score (nSPS) is 15.4. The molecule has 0 aromatic carbocycles. The maximum atomic E-state index is 5.34. The maximum absolute atomic E-state index is 5.34. The zero-order chi connectivity index (χ0) is 12.1. The minimum absolute atomic E-state index is 0.304. The highest BCUT2D eigenvalue weighted by Crippen LogP contribution is 2.21. The quantitative estimate of drug-likeness (QED) is 0.807. The SMILES string of the molecule is CCC(c1nc(CC(C)C)no1)C(C)NC. The van der Waals surface area contributed by atoms with Crippen molar-refractivity contribution in [3.63, 3.8) is 0 Å². The molecule has 0 aliphatic rings. The Morgan fingerprint density at radius 1 is 1.31 bits per heavy atom. The van der Waals surface area contributed by atoms with E-state index < -0.39 is 0 Å². The van der Waals surface area contributed by atoms with Gasteiger partial charge in [0.2, 0.25) is 5.89 Å². The van der Waals surface area contributed by atoms with Gasteiger partial charge in [-0.05, 0) is 26.3 Å². The number of aromatic nitrogens is 2. The van der Waals surface area contributed by atoms with Crippen molar-refractivity contribution in [1.82, 2.24) is 15.5 Å². The summed E-state index contributed by atoms with van der Waals surface area (Å²) in [5.41, 5.74) is 0. The molecule has 1 heterocycles. The Labute approximate surface area is 97.8 Å². The molecule has 4 nitrogen and oxygen atoms in total. The summed E-state index contributed by atoms with van der Waals surface area (Å²) in [6, 6.07) is 0.359. The molecule has 16 heavy (non-hydrogen) atoms. The topological polar surface area (TPSA) is 51.0 Å². The minimum atomic E-state index is 0.304. The zero-order valence-electron chi connectivity index (χ0n) is 10.9. The molecule has 0 bridgehead atoms. The first kappa shape index (κ1) is 13.2. The molecule has 1 rings (SSSR count). The second kappa shape index (κ2) is 5.99. The van der Waals surface area contributed by atoms with Gasteiger partial charge >= 0.3 is 0 Å². The summed E-state index contributed by atoms with van der Waals surface area (Å²) in [7, 11) is 1.96. The van der Waals surface area contributed by atoms with Crippen molar-refractivity contribution in [2.75, 3.05) is 7.05 Å². The van der Waals surface area contributed by atoms with E-state index in [9.17, 15) is 0 Å². The van der Waals surface area contributed by atoms with E-state index in [1.807, 2.05) is 7.05 Å². The van der Waals surface area contributed by atoms with Crippen LogP contribution in [0.5, 0.6) is 0 Å². The van der Waals surface area contributed by atoms with Gasteiger partial charge in [0.25, 0.3) is 0 Å². The number of rotatable bonds is 6. The summed E-state index contributed by atoms with van der Waals surface area (Å²) >= 11 is 0. The molecule has 2 atom stereocenters. The first-order valence-electron chi connectivity index (χ1n) is 6.08. The van der Waals surface area contributed by atoms with Crippen LogP contribution >= 0.6 is 0 Å². The Kier molecular flexibility index (Phi) is 4.93. The molecule has 0 aliphatic carbocycles. The maximum Gasteiger partial charge on any atom is 0.231 e. The molecule has 2 unspecified atom stereocenters. The molecule has 1 aromatic rings. The van der Waals surface area contributed by atoms with E-state index in [0.29, 0.717) is 17.9 Å². The first-order valence-corrected chi connectivity index (χ1v) is 6.08. The standard InChI is InChI=1S/C12H23N3O/c1-6-10(9(4)13-5)12-14-11(15-16-12)7-8(2)3/h8-10,13H,6-7H2,1-5H3. The molecular formula is C12H23N3O. The monoisotopic (exact) mass is 225 g/mol. The van der Waals surface area contributed by atoms with Gasteiger partial charge in [-0.2, -0.15) is 4.98 Å². The average Bonchev–Trinajstić information content (AvgIpc) is 2.66. The van der Waals surface area contributed by atoms with E-state index in [2.05, 4.69) is 43.2 Å². The summed E-state index contributed by atoms with van der Waals surface area (Å²) in [5, 5.41) is 7.26. The number of hydrogen-bond donors (Lipinski definition) is 1. The van der Waals surface area contributed by atoms with Crippen LogP contribution < -0.4 is 5.32 Å². The van der Waals surface area contributed by atoms with E-state index in [4.69, 9.17) is 4.52 Å². The summed E-state index contributed by atoms with van der Waals surface area (Å²) in [6.07, 6.45) is 1.89. The molecule has 0 spiro atoms. The van der Waals surface area contributed by atoms with E-state index in [0.717, 1.165) is 24.6 Å². The van der Waals surface area contributed by atoms with Gasteiger partial charge in [-0.3, -0.25) is 0 Å². The molecule has 4 heteroatoms. The third-order valence-corrected chi connectivity index (χ3v) is 2.89. The first-order chi connectivity index (χ1) is 7.58. The van der Waals surface area contributed by atoms with Gasteiger partial charge in [-0.15, -0.1) is 0 Å². The Morgan fingerprint density at radius 2 is 2.00 bits per heavy atom. The zero-order valence-corrected chi connectivity index (χ0v) is 10.9. The predicted molar refractivity (Wildman–Crippen MR) is 64.4 cm³/mol. The molecule has 0 amide bonds. The molecule has 0 fully saturated rings. The van der Waals surface area contributed by atoms with Gasteiger partial charge in [-0.1, -0.05) is 25.9 Å². The van der Waals surface area contributed by atoms with E-state index >= 15 is 0 Å². The fraction of sp³-hybridized carbons (Fsp3) is 0.833. The molecule has 92 valence electrons. The van der Waals surface area contributed by atoms with Crippen molar-refractivity contribution in [1.29, 1.82) is 0 Å². The predicted octanol–water partition coefficient (Wildman–Crippen LogP) is 2.37. The van der Waals surface area contributed by atoms with E-state index in [-0.39, 0.29) is 0 Å². The Bertz CT molecular complexity index is 309. The van der Waals surface area contributed by atoms with Crippen molar-refractivity contribution in [3.05, 3.63) is 11.7 Å². The summed E-state index contributed by atoms with van der Waals surface area (Å²) in [4.78, 5) is 4.47. The van der Waals surface area contributed by atoms with Crippen LogP contribution in [0.2, 0.25) is 0 Å². The van der Waals surface area contributed by atoms with Gasteiger partial charge < -0.3 is 9.84 Å². The second-order valence-electron chi connectivity index (χ2n) is 4.74. The fourth-order valence-electron chi connectivity index (χ4n) is 1.81. The van der Waals surface area contributed by atoms with Crippen molar-refractivity contribution >= 4 is 0 Å². The van der Waals surface area contributed by atoms with Crippen molar-refractivity contribution in [2.24, 2.45) is 5.92 Å². The van der Waals surface area contributed by atoms with Crippen LogP contribution in [0.3, 0.4) is 0 Å². The number of likely N-dealkylation sites (N-methyl/N-ethyl adjacent to an activating group) is 1. The Morgan fingerprint density at radius 3 is 2.50 bits per heavy atom. The second-order valence-corrected chi connectivity index (χ2v) is 4.74. The largest absolute Gasteiger partial charge is 0.339 e. The molecule has 0 aliphatic heterocycles. The van der Waals surface area contributed by atoms with Crippen LogP contribution in [0.15, 0.2) is 4.52 Å². The van der Waals surface area contributed by atoms with Crippen LogP contribution in [0.4, 0.5) is 0 Å². The third kappa shape index (κ3) is 3.30. The molecule has 0 radical (unpaired) electrons. The highest BCUT2D eigenvalue weighted by Gasteiger charge is 2.22. The van der Waals surface area contributed by atoms with Gasteiger partial charge in [0.15, 0.2) is 5.82 Å². The summed E-state index contributed by atoms with van der Waals surface area (Å²) in [6.45, 7) is 8.60. The lowest BCUT2D eigenvalue weighted by molar-refractivity contribution is 0.319. The lowest BCUT2D eigenvalue weighted by atomic mass is 9.98. The molecular weight excluding hydrogens is 202 g/mol. The van der Waals surface area contributed by atoms with Gasteiger partial charge in [0.1, 0.15) is 0 Å². The van der Waals surface area contributed by atoms with E-state index in [1.54, 1.807) is 0 Å². The lowest BCUT2D eigenvalue weighted by Crippen LogP contribution is -2.28. The number of nitrogens with one attached hydrogen (secondary N) is 1. The van der Waals surface area contributed by atoms with Gasteiger partial charge in [0.05, 0.1) is 5.92 Å². The fourth-order valence-corrected chi connectivity index (χ4v) is 1.81. The van der Waals surface area contributed by atoms with Crippen molar-refractivity contribution in [3.8, 4) is 0 Å². The van der Waals surface area contributed by atoms with Gasteiger partial charge in [0, 0.05) is 12.5 Å². The van der Waals surface area contributed by atoms with Crippen LogP contribution in [-0.2, 0) is 6.42 Å². The van der Waals surface area contributed by atoms with Crippen molar-refractivity contribution < 1.29 is 4.52 Å². The highest BCUT2D eigenvalue weighted by molar-refractivity contribution is 4.98. The third-order valence-electron chi connectivity index (χ3n) is 2.89. The van der Waals surface area contributed by atoms with Crippen LogP contribution in [-0.4, -0.2) is 23.2 Å². The average molecular weight is 225 g/mol. The highest BCUT2D eigenvalue weighted by atomic mass is 16.5. The summed E-state index contributed by atoms with van der Waals surface area (Å²) < 4.78 is 5.34. The molecule has 1 aromatic heterocycles. The lowest BCUT2D eigenvalue weighted by Gasteiger charge is -2.17. The molecule has 1 N–H and O–H groups in total. The van der Waals surface area contributed by atoms with E-state index in [1.165, 1.54) is 0 Å². The van der Waals surface area contributed by atoms with Crippen molar-refractivity contribution in [2.45, 2.75) is 52.5 Å². The Hall–Kier alpha value is -0.900. The summed E-state index contributed by atoms with van der Waals surface area (Å²) in [5.74, 6) is 2.46.